The second kappa shape index (κ2) is 5.94. The fourth-order valence-corrected chi connectivity index (χ4v) is 3.50. The maximum atomic E-state index is 9.34. The highest BCUT2D eigenvalue weighted by molar-refractivity contribution is 7.11. The predicted octanol–water partition coefficient (Wildman–Crippen LogP) is 1.95. The van der Waals surface area contributed by atoms with Crippen molar-refractivity contribution in [2.24, 2.45) is 5.92 Å². The van der Waals surface area contributed by atoms with Crippen molar-refractivity contribution in [3.63, 3.8) is 0 Å². The summed E-state index contributed by atoms with van der Waals surface area (Å²) in [6, 6.07) is 0. The van der Waals surface area contributed by atoms with Crippen LogP contribution in [0.2, 0.25) is 0 Å². The maximum Gasteiger partial charge on any atom is 0.0930 e. The molecule has 1 saturated heterocycles. The molecule has 3 nitrogen and oxygen atoms in total. The first-order chi connectivity index (χ1) is 8.13. The quantitative estimate of drug-likeness (QED) is 0.892. The molecule has 1 aromatic rings. The van der Waals surface area contributed by atoms with Crippen molar-refractivity contribution in [3.8, 4) is 0 Å². The molecule has 0 aliphatic carbocycles. The Morgan fingerprint density at radius 3 is 2.88 bits per heavy atom. The average Bonchev–Trinajstić information content (AvgIpc) is 2.68. The Hall–Kier alpha value is -0.450. The van der Waals surface area contributed by atoms with Crippen LogP contribution in [0.1, 0.15) is 29.7 Å². The van der Waals surface area contributed by atoms with E-state index in [0.29, 0.717) is 0 Å². The zero-order valence-corrected chi connectivity index (χ0v) is 11.5. The van der Waals surface area contributed by atoms with Gasteiger partial charge in [-0.05, 0) is 45.8 Å². The van der Waals surface area contributed by atoms with E-state index in [4.69, 9.17) is 0 Å². The molecule has 2 heterocycles. The molecule has 2 rings (SSSR count). The third-order valence-electron chi connectivity index (χ3n) is 3.40. The molecule has 96 valence electrons. The topological polar surface area (TPSA) is 36.4 Å². The van der Waals surface area contributed by atoms with E-state index in [1.165, 1.54) is 35.8 Å². The van der Waals surface area contributed by atoms with Crippen molar-refractivity contribution in [2.45, 2.75) is 38.7 Å². The SMILES string of the molecule is CC(O)Cc1cnc(CC2CCN(C)CC2)s1. The number of aromatic nitrogens is 1. The lowest BCUT2D eigenvalue weighted by molar-refractivity contribution is 0.196. The Bertz CT molecular complexity index is 343. The molecular weight excluding hydrogens is 232 g/mol. The summed E-state index contributed by atoms with van der Waals surface area (Å²) >= 11 is 1.77. The summed E-state index contributed by atoms with van der Waals surface area (Å²) in [6.07, 6.45) is 6.13. The fourth-order valence-electron chi connectivity index (χ4n) is 2.34. The van der Waals surface area contributed by atoms with E-state index in [2.05, 4.69) is 16.9 Å². The van der Waals surface area contributed by atoms with Crippen molar-refractivity contribution < 1.29 is 5.11 Å². The Labute approximate surface area is 107 Å². The van der Waals surface area contributed by atoms with E-state index in [9.17, 15) is 5.11 Å². The smallest absolute Gasteiger partial charge is 0.0930 e. The Balaban J connectivity index is 1.84. The van der Waals surface area contributed by atoms with Gasteiger partial charge in [0.1, 0.15) is 0 Å². The molecule has 1 aromatic heterocycles. The van der Waals surface area contributed by atoms with Gasteiger partial charge in [0.25, 0.3) is 0 Å². The lowest BCUT2D eigenvalue weighted by Crippen LogP contribution is -2.30. The van der Waals surface area contributed by atoms with Crippen molar-refractivity contribution in [1.29, 1.82) is 0 Å². The number of piperidine rings is 1. The van der Waals surface area contributed by atoms with Gasteiger partial charge in [0, 0.05) is 23.9 Å². The van der Waals surface area contributed by atoms with E-state index in [0.717, 1.165) is 18.8 Å². The van der Waals surface area contributed by atoms with Crippen LogP contribution in [-0.4, -0.2) is 41.2 Å². The van der Waals surface area contributed by atoms with Gasteiger partial charge in [-0.25, -0.2) is 4.98 Å². The Morgan fingerprint density at radius 2 is 2.24 bits per heavy atom. The number of aliphatic hydroxyl groups excluding tert-OH is 1. The van der Waals surface area contributed by atoms with E-state index in [1.807, 2.05) is 13.1 Å². The highest BCUT2D eigenvalue weighted by Gasteiger charge is 2.18. The molecule has 1 unspecified atom stereocenters. The van der Waals surface area contributed by atoms with Gasteiger partial charge in [0.15, 0.2) is 0 Å². The van der Waals surface area contributed by atoms with Crippen LogP contribution in [0.5, 0.6) is 0 Å². The van der Waals surface area contributed by atoms with E-state index >= 15 is 0 Å². The second-order valence-electron chi connectivity index (χ2n) is 5.22. The molecule has 1 aliphatic rings. The fraction of sp³-hybridized carbons (Fsp3) is 0.769. The van der Waals surface area contributed by atoms with E-state index in [1.54, 1.807) is 11.3 Å². The van der Waals surface area contributed by atoms with Gasteiger partial charge in [-0.15, -0.1) is 11.3 Å². The summed E-state index contributed by atoms with van der Waals surface area (Å²) < 4.78 is 0. The van der Waals surface area contributed by atoms with Crippen LogP contribution < -0.4 is 0 Å². The van der Waals surface area contributed by atoms with Crippen LogP contribution in [0.4, 0.5) is 0 Å². The van der Waals surface area contributed by atoms with Crippen LogP contribution in [0, 0.1) is 5.92 Å². The van der Waals surface area contributed by atoms with Crippen molar-refractivity contribution >= 4 is 11.3 Å². The highest BCUT2D eigenvalue weighted by atomic mass is 32.1. The number of nitrogens with zero attached hydrogens (tertiary/aromatic N) is 2. The van der Waals surface area contributed by atoms with Crippen LogP contribution in [0.25, 0.3) is 0 Å². The molecule has 1 N–H and O–H groups in total. The molecular formula is C13H22N2OS. The number of rotatable bonds is 4. The number of hydrogen-bond acceptors (Lipinski definition) is 4. The summed E-state index contributed by atoms with van der Waals surface area (Å²) in [6.45, 7) is 4.27. The Morgan fingerprint density at radius 1 is 1.53 bits per heavy atom. The first-order valence-corrected chi connectivity index (χ1v) is 7.25. The minimum Gasteiger partial charge on any atom is -0.393 e. The summed E-state index contributed by atoms with van der Waals surface area (Å²) in [4.78, 5) is 8.09. The van der Waals surface area contributed by atoms with Crippen molar-refractivity contribution in [2.75, 3.05) is 20.1 Å². The lowest BCUT2D eigenvalue weighted by atomic mass is 9.94. The molecule has 0 aromatic carbocycles. The molecule has 4 heteroatoms. The van der Waals surface area contributed by atoms with Crippen molar-refractivity contribution in [3.05, 3.63) is 16.1 Å². The first-order valence-electron chi connectivity index (χ1n) is 6.43. The first kappa shape index (κ1) is 13.0. The minimum absolute atomic E-state index is 0.258. The molecule has 0 radical (unpaired) electrons. The van der Waals surface area contributed by atoms with Crippen LogP contribution in [0.3, 0.4) is 0 Å². The molecule has 1 fully saturated rings. The summed E-state index contributed by atoms with van der Waals surface area (Å²) in [5.41, 5.74) is 0. The predicted molar refractivity (Wildman–Crippen MR) is 71.4 cm³/mol. The minimum atomic E-state index is -0.258. The Kier molecular flexibility index (Phi) is 4.54. The van der Waals surface area contributed by atoms with Gasteiger partial charge in [-0.2, -0.15) is 0 Å². The van der Waals surface area contributed by atoms with Gasteiger partial charge in [-0.3, -0.25) is 0 Å². The number of hydrogen-bond donors (Lipinski definition) is 1. The van der Waals surface area contributed by atoms with E-state index < -0.39 is 0 Å². The summed E-state index contributed by atoms with van der Waals surface area (Å²) in [7, 11) is 2.19. The maximum absolute atomic E-state index is 9.34. The molecule has 1 atom stereocenters. The van der Waals surface area contributed by atoms with Crippen molar-refractivity contribution in [1.82, 2.24) is 9.88 Å². The molecule has 0 bridgehead atoms. The molecule has 17 heavy (non-hydrogen) atoms. The molecule has 1 aliphatic heterocycles. The van der Waals surface area contributed by atoms with Gasteiger partial charge in [0.05, 0.1) is 11.1 Å². The molecule has 0 saturated carbocycles. The van der Waals surface area contributed by atoms with Gasteiger partial charge < -0.3 is 10.0 Å². The molecule has 0 spiro atoms. The lowest BCUT2D eigenvalue weighted by Gasteiger charge is -2.28. The standard InChI is InChI=1S/C13H22N2OS/c1-10(16)7-12-9-14-13(17-12)8-11-3-5-15(2)6-4-11/h9-11,16H,3-8H2,1-2H3. The zero-order chi connectivity index (χ0) is 12.3. The van der Waals surface area contributed by atoms with Crippen LogP contribution in [0.15, 0.2) is 6.20 Å². The third-order valence-corrected chi connectivity index (χ3v) is 4.44. The normalized spacial score (nSPS) is 20.6. The molecule has 0 amide bonds. The van der Waals surface area contributed by atoms with Crippen LogP contribution in [-0.2, 0) is 12.8 Å². The van der Waals surface area contributed by atoms with E-state index in [-0.39, 0.29) is 6.10 Å². The highest BCUT2D eigenvalue weighted by Crippen LogP contribution is 2.24. The monoisotopic (exact) mass is 254 g/mol. The number of thiazole rings is 1. The second-order valence-corrected chi connectivity index (χ2v) is 6.42. The van der Waals surface area contributed by atoms with Crippen LogP contribution >= 0.6 is 11.3 Å². The largest absolute Gasteiger partial charge is 0.393 e. The number of likely N-dealkylation sites (tertiary alicyclic amines) is 1. The summed E-state index contributed by atoms with van der Waals surface area (Å²) in [5.74, 6) is 0.803. The summed E-state index contributed by atoms with van der Waals surface area (Å²) in [5, 5.41) is 10.6. The van der Waals surface area contributed by atoms with Gasteiger partial charge in [0.2, 0.25) is 0 Å². The van der Waals surface area contributed by atoms with Gasteiger partial charge >= 0.3 is 0 Å². The average molecular weight is 254 g/mol. The van der Waals surface area contributed by atoms with Gasteiger partial charge in [-0.1, -0.05) is 0 Å². The number of aliphatic hydroxyl groups is 1. The third kappa shape index (κ3) is 4.05. The zero-order valence-electron chi connectivity index (χ0n) is 10.7.